The lowest BCUT2D eigenvalue weighted by atomic mass is 10.0. The van der Waals surface area contributed by atoms with Gasteiger partial charge in [0.1, 0.15) is 12.1 Å². The molecule has 2 aliphatic rings. The van der Waals surface area contributed by atoms with Crippen molar-refractivity contribution < 1.29 is 14.4 Å². The number of aromatic nitrogens is 1. The molecule has 0 aliphatic carbocycles. The number of piperidine rings is 1. The maximum absolute atomic E-state index is 12.8. The van der Waals surface area contributed by atoms with E-state index < -0.39 is 0 Å². The average molecular weight is 394 g/mol. The Balaban J connectivity index is 1.43. The summed E-state index contributed by atoms with van der Waals surface area (Å²) in [5.41, 5.74) is 0.395. The van der Waals surface area contributed by atoms with Gasteiger partial charge in [0.05, 0.1) is 5.69 Å². The second kappa shape index (κ2) is 7.54. The van der Waals surface area contributed by atoms with Crippen molar-refractivity contribution >= 4 is 23.5 Å². The van der Waals surface area contributed by atoms with Crippen LogP contribution in [0.2, 0.25) is 0 Å². The van der Waals surface area contributed by atoms with Crippen LogP contribution in [0.1, 0.15) is 23.2 Å². The summed E-state index contributed by atoms with van der Waals surface area (Å²) in [4.78, 5) is 54.6. The van der Waals surface area contributed by atoms with Crippen LogP contribution in [0.3, 0.4) is 0 Å². The number of benzene rings is 1. The lowest BCUT2D eigenvalue weighted by Crippen LogP contribution is -2.48. The summed E-state index contributed by atoms with van der Waals surface area (Å²) in [6.07, 6.45) is 2.75. The Hall–Kier alpha value is -3.42. The summed E-state index contributed by atoms with van der Waals surface area (Å²) in [6, 6.07) is 11.7. The van der Waals surface area contributed by atoms with Gasteiger partial charge < -0.3 is 14.4 Å². The van der Waals surface area contributed by atoms with E-state index in [1.807, 2.05) is 6.07 Å². The van der Waals surface area contributed by atoms with Crippen LogP contribution >= 0.6 is 0 Å². The molecule has 4 amide bonds. The Bertz CT molecular complexity index is 1010. The van der Waals surface area contributed by atoms with Crippen molar-refractivity contribution in [2.24, 2.45) is 7.05 Å². The van der Waals surface area contributed by atoms with Crippen LogP contribution in [0.5, 0.6) is 0 Å². The Kier molecular flexibility index (Phi) is 4.92. The number of urea groups is 1. The van der Waals surface area contributed by atoms with Gasteiger partial charge >= 0.3 is 6.03 Å². The van der Waals surface area contributed by atoms with Gasteiger partial charge in [-0.25, -0.2) is 9.69 Å². The maximum atomic E-state index is 12.8. The first-order valence-corrected chi connectivity index (χ1v) is 9.61. The molecule has 0 radical (unpaired) electrons. The SMILES string of the molecule is Cn1cccc(C(=O)N2CCC(N3CC(=O)N(c4ccccc4)C3=O)CC2)c1=O. The van der Waals surface area contributed by atoms with Gasteiger partial charge in [0, 0.05) is 32.4 Å². The number of aryl methyl sites for hydroxylation is 1. The molecule has 0 spiro atoms. The fourth-order valence-corrected chi connectivity index (χ4v) is 3.95. The molecule has 8 heteroatoms. The van der Waals surface area contributed by atoms with E-state index in [0.717, 1.165) is 0 Å². The Morgan fingerprint density at radius 3 is 2.34 bits per heavy atom. The van der Waals surface area contributed by atoms with Crippen LogP contribution < -0.4 is 10.5 Å². The van der Waals surface area contributed by atoms with Crippen molar-refractivity contribution in [2.45, 2.75) is 18.9 Å². The summed E-state index contributed by atoms with van der Waals surface area (Å²) < 4.78 is 1.38. The monoisotopic (exact) mass is 394 g/mol. The quantitative estimate of drug-likeness (QED) is 0.738. The van der Waals surface area contributed by atoms with Crippen molar-refractivity contribution in [3.8, 4) is 0 Å². The third kappa shape index (κ3) is 3.41. The molecule has 8 nitrogen and oxygen atoms in total. The van der Waals surface area contributed by atoms with E-state index in [1.54, 1.807) is 53.4 Å². The molecule has 3 heterocycles. The molecule has 1 aromatic heterocycles. The highest BCUT2D eigenvalue weighted by Gasteiger charge is 2.41. The highest BCUT2D eigenvalue weighted by Crippen LogP contribution is 2.26. The minimum atomic E-state index is -0.321. The van der Waals surface area contributed by atoms with Gasteiger partial charge in [0.2, 0.25) is 0 Å². The molecular weight excluding hydrogens is 372 g/mol. The van der Waals surface area contributed by atoms with Crippen molar-refractivity contribution in [3.05, 3.63) is 64.6 Å². The minimum Gasteiger partial charge on any atom is -0.338 e. The van der Waals surface area contributed by atoms with E-state index in [1.165, 1.54) is 15.5 Å². The lowest BCUT2D eigenvalue weighted by molar-refractivity contribution is -0.116. The summed E-state index contributed by atoms with van der Waals surface area (Å²) in [6.45, 7) is 0.918. The fraction of sp³-hybridized carbons (Fsp3) is 0.333. The Morgan fingerprint density at radius 1 is 0.966 bits per heavy atom. The van der Waals surface area contributed by atoms with Gasteiger partial charge in [-0.2, -0.15) is 0 Å². The zero-order chi connectivity index (χ0) is 20.5. The standard InChI is InChI=1S/C21H22N4O4/c1-22-11-5-8-17(19(22)27)20(28)23-12-9-15(10-13-23)24-14-18(26)25(21(24)29)16-6-3-2-4-7-16/h2-8,11,15H,9-10,12-14H2,1H3. The van der Waals surface area contributed by atoms with Crippen LogP contribution in [0, 0.1) is 0 Å². The van der Waals surface area contributed by atoms with E-state index in [-0.39, 0.29) is 41.6 Å². The molecule has 150 valence electrons. The van der Waals surface area contributed by atoms with Gasteiger partial charge in [0.25, 0.3) is 17.4 Å². The molecular formula is C21H22N4O4. The van der Waals surface area contributed by atoms with E-state index in [4.69, 9.17) is 0 Å². The van der Waals surface area contributed by atoms with Gasteiger partial charge in [-0.3, -0.25) is 14.4 Å². The highest BCUT2D eigenvalue weighted by molar-refractivity contribution is 6.19. The fourth-order valence-electron chi connectivity index (χ4n) is 3.95. The maximum Gasteiger partial charge on any atom is 0.332 e. The number of imide groups is 1. The predicted octanol–water partition coefficient (Wildman–Crippen LogP) is 1.46. The second-order valence-electron chi connectivity index (χ2n) is 7.34. The number of amides is 4. The highest BCUT2D eigenvalue weighted by atomic mass is 16.2. The zero-order valence-corrected chi connectivity index (χ0v) is 16.2. The molecule has 0 atom stereocenters. The number of nitrogens with zero attached hydrogens (tertiary/aromatic N) is 4. The summed E-state index contributed by atoms with van der Waals surface area (Å²) in [7, 11) is 1.61. The number of likely N-dealkylation sites (tertiary alicyclic amines) is 1. The second-order valence-corrected chi connectivity index (χ2v) is 7.34. The first kappa shape index (κ1) is 18.9. The van der Waals surface area contributed by atoms with Crippen LogP contribution in [0.25, 0.3) is 0 Å². The molecule has 0 saturated carbocycles. The van der Waals surface area contributed by atoms with E-state index in [9.17, 15) is 19.2 Å². The molecule has 2 aromatic rings. The number of rotatable bonds is 3. The summed E-state index contributed by atoms with van der Waals surface area (Å²) in [5, 5.41) is 0. The molecule has 0 unspecified atom stereocenters. The first-order valence-electron chi connectivity index (χ1n) is 9.61. The largest absolute Gasteiger partial charge is 0.338 e. The van der Waals surface area contributed by atoms with Crippen LogP contribution in [-0.2, 0) is 11.8 Å². The van der Waals surface area contributed by atoms with E-state index >= 15 is 0 Å². The molecule has 2 saturated heterocycles. The minimum absolute atomic E-state index is 0.0472. The van der Waals surface area contributed by atoms with Crippen molar-refractivity contribution in [1.29, 1.82) is 0 Å². The molecule has 1 aromatic carbocycles. The molecule has 29 heavy (non-hydrogen) atoms. The van der Waals surface area contributed by atoms with Crippen LogP contribution in [0.4, 0.5) is 10.5 Å². The number of hydrogen-bond donors (Lipinski definition) is 0. The van der Waals surface area contributed by atoms with E-state index in [2.05, 4.69) is 0 Å². The van der Waals surface area contributed by atoms with Crippen molar-refractivity contribution in [2.75, 3.05) is 24.5 Å². The lowest BCUT2D eigenvalue weighted by Gasteiger charge is -2.36. The van der Waals surface area contributed by atoms with Crippen molar-refractivity contribution in [1.82, 2.24) is 14.4 Å². The molecule has 0 bridgehead atoms. The van der Waals surface area contributed by atoms with Gasteiger partial charge in [-0.15, -0.1) is 0 Å². The van der Waals surface area contributed by atoms with Crippen molar-refractivity contribution in [3.63, 3.8) is 0 Å². The molecule has 0 N–H and O–H groups in total. The van der Waals surface area contributed by atoms with Crippen LogP contribution in [0.15, 0.2) is 53.5 Å². The zero-order valence-electron chi connectivity index (χ0n) is 16.2. The van der Waals surface area contributed by atoms with Gasteiger partial charge in [0.15, 0.2) is 0 Å². The molecule has 2 fully saturated rings. The third-order valence-corrected chi connectivity index (χ3v) is 5.55. The first-order chi connectivity index (χ1) is 14.0. The number of carbonyl (C=O) groups excluding carboxylic acids is 3. The predicted molar refractivity (Wildman–Crippen MR) is 107 cm³/mol. The molecule has 4 rings (SSSR count). The summed E-state index contributed by atoms with van der Waals surface area (Å²) in [5.74, 6) is -0.535. The third-order valence-electron chi connectivity index (χ3n) is 5.55. The van der Waals surface area contributed by atoms with Crippen LogP contribution in [-0.4, -0.2) is 57.9 Å². The number of pyridine rings is 1. The number of para-hydroxylation sites is 1. The van der Waals surface area contributed by atoms with E-state index in [0.29, 0.717) is 31.6 Å². The summed E-state index contributed by atoms with van der Waals surface area (Å²) >= 11 is 0. The number of hydrogen-bond acceptors (Lipinski definition) is 4. The topological polar surface area (TPSA) is 82.9 Å². The van der Waals surface area contributed by atoms with Gasteiger partial charge in [-0.1, -0.05) is 18.2 Å². The molecule has 2 aliphatic heterocycles. The van der Waals surface area contributed by atoms with Gasteiger partial charge in [-0.05, 0) is 37.1 Å². The Labute approximate surface area is 167 Å². The normalized spacial score (nSPS) is 17.9. The number of carbonyl (C=O) groups is 3. The number of anilines is 1. The Morgan fingerprint density at radius 2 is 1.66 bits per heavy atom. The smallest absolute Gasteiger partial charge is 0.332 e. The average Bonchev–Trinajstić information content (AvgIpc) is 3.04.